The van der Waals surface area contributed by atoms with E-state index in [1.165, 1.54) is 57.1 Å². The molecule has 104 valence electrons. The normalized spacial score (nSPS) is 28.1. The van der Waals surface area contributed by atoms with Crippen LogP contribution in [0.25, 0.3) is 0 Å². The largest absolute Gasteiger partial charge is 0.314 e. The Balaban J connectivity index is 1.42. The minimum atomic E-state index is 0.678. The highest BCUT2D eigenvalue weighted by Crippen LogP contribution is 2.40. The maximum Gasteiger partial charge on any atom is 0.0440 e. The van der Waals surface area contributed by atoms with E-state index in [4.69, 9.17) is 11.6 Å². The van der Waals surface area contributed by atoms with E-state index in [2.05, 4.69) is 17.4 Å². The molecule has 0 amide bonds. The van der Waals surface area contributed by atoms with Crippen molar-refractivity contribution in [3.8, 4) is 0 Å². The number of hydrogen-bond acceptors (Lipinski definition) is 1. The summed E-state index contributed by atoms with van der Waals surface area (Å²) < 4.78 is 0. The molecule has 0 aliphatic heterocycles. The second-order valence-corrected chi connectivity index (χ2v) is 6.71. The molecule has 1 aromatic rings. The molecule has 0 atom stereocenters. The van der Waals surface area contributed by atoms with Gasteiger partial charge in [-0.05, 0) is 55.7 Å². The van der Waals surface area contributed by atoms with Crippen LogP contribution in [0.1, 0.15) is 56.4 Å². The van der Waals surface area contributed by atoms with Gasteiger partial charge in [-0.1, -0.05) is 49.1 Å². The van der Waals surface area contributed by atoms with Gasteiger partial charge in [-0.25, -0.2) is 0 Å². The summed E-state index contributed by atoms with van der Waals surface area (Å²) in [6, 6.07) is 9.04. The van der Waals surface area contributed by atoms with Crippen LogP contribution in [0.2, 0.25) is 5.02 Å². The van der Waals surface area contributed by atoms with Gasteiger partial charge < -0.3 is 5.32 Å². The van der Waals surface area contributed by atoms with Crippen molar-refractivity contribution in [2.45, 2.75) is 56.9 Å². The molecule has 2 heteroatoms. The van der Waals surface area contributed by atoms with Crippen LogP contribution < -0.4 is 5.32 Å². The molecule has 0 radical (unpaired) electrons. The van der Waals surface area contributed by atoms with Crippen molar-refractivity contribution < 1.29 is 0 Å². The van der Waals surface area contributed by atoms with Crippen molar-refractivity contribution in [3.05, 3.63) is 34.9 Å². The van der Waals surface area contributed by atoms with Crippen LogP contribution >= 0.6 is 11.6 Å². The molecule has 0 unspecified atom stereocenters. The fourth-order valence-corrected chi connectivity index (χ4v) is 3.86. The molecule has 0 aromatic heterocycles. The Morgan fingerprint density at radius 2 is 1.79 bits per heavy atom. The lowest BCUT2D eigenvalue weighted by atomic mass is 9.75. The van der Waals surface area contributed by atoms with Gasteiger partial charge in [0.2, 0.25) is 0 Å². The van der Waals surface area contributed by atoms with Crippen LogP contribution in [0.3, 0.4) is 0 Å². The average Bonchev–Trinajstić information content (AvgIpc) is 2.40. The quantitative estimate of drug-likeness (QED) is 0.837. The Hall–Kier alpha value is -0.530. The Bertz CT molecular complexity index is 405. The maximum absolute atomic E-state index is 6.26. The van der Waals surface area contributed by atoms with Crippen LogP contribution in [0.15, 0.2) is 24.3 Å². The first kappa shape index (κ1) is 13.5. The highest BCUT2D eigenvalue weighted by molar-refractivity contribution is 6.31. The Kier molecular flexibility index (Phi) is 4.45. The second kappa shape index (κ2) is 6.28. The molecule has 3 rings (SSSR count). The van der Waals surface area contributed by atoms with E-state index in [9.17, 15) is 0 Å². The zero-order chi connectivity index (χ0) is 13.1. The van der Waals surface area contributed by atoms with Crippen LogP contribution in [0.4, 0.5) is 0 Å². The van der Waals surface area contributed by atoms with E-state index < -0.39 is 0 Å². The monoisotopic (exact) mass is 277 g/mol. The average molecular weight is 278 g/mol. The van der Waals surface area contributed by atoms with Crippen LogP contribution in [0.5, 0.6) is 0 Å². The Labute approximate surface area is 121 Å². The summed E-state index contributed by atoms with van der Waals surface area (Å²) in [6.07, 6.45) is 9.74. The fraction of sp³-hybridized carbons (Fsp3) is 0.647. The summed E-state index contributed by atoms with van der Waals surface area (Å²) in [5.41, 5.74) is 1.35. The molecule has 2 aliphatic rings. The van der Waals surface area contributed by atoms with Crippen molar-refractivity contribution in [2.75, 3.05) is 6.54 Å². The summed E-state index contributed by atoms with van der Waals surface area (Å²) in [7, 11) is 0. The van der Waals surface area contributed by atoms with Crippen molar-refractivity contribution in [2.24, 2.45) is 5.92 Å². The molecule has 0 spiro atoms. The fourth-order valence-electron chi connectivity index (χ4n) is 3.57. The zero-order valence-electron chi connectivity index (χ0n) is 11.6. The van der Waals surface area contributed by atoms with Crippen molar-refractivity contribution in [1.82, 2.24) is 5.32 Å². The third kappa shape index (κ3) is 3.32. The molecule has 1 aromatic carbocycles. The Morgan fingerprint density at radius 1 is 1.05 bits per heavy atom. The highest BCUT2D eigenvalue weighted by Gasteiger charge is 2.31. The van der Waals surface area contributed by atoms with Gasteiger partial charge >= 0.3 is 0 Å². The number of rotatable bonds is 4. The number of hydrogen-bond donors (Lipinski definition) is 1. The van der Waals surface area contributed by atoms with Crippen LogP contribution in [-0.2, 0) is 0 Å². The van der Waals surface area contributed by atoms with Gasteiger partial charge in [-0.3, -0.25) is 0 Å². The van der Waals surface area contributed by atoms with Gasteiger partial charge in [0.25, 0.3) is 0 Å². The smallest absolute Gasteiger partial charge is 0.0440 e. The first-order valence-electron chi connectivity index (χ1n) is 7.80. The first-order valence-corrected chi connectivity index (χ1v) is 8.18. The third-order valence-electron chi connectivity index (χ3n) is 4.90. The van der Waals surface area contributed by atoms with E-state index in [-0.39, 0.29) is 0 Å². The van der Waals surface area contributed by atoms with Crippen LogP contribution in [0, 0.1) is 5.92 Å². The second-order valence-electron chi connectivity index (χ2n) is 6.30. The lowest BCUT2D eigenvalue weighted by molar-refractivity contribution is 0.255. The topological polar surface area (TPSA) is 12.0 Å². The third-order valence-corrected chi connectivity index (χ3v) is 5.25. The molecular weight excluding hydrogens is 254 g/mol. The molecule has 2 fully saturated rings. The van der Waals surface area contributed by atoms with Gasteiger partial charge in [-0.15, -0.1) is 0 Å². The lowest BCUT2D eigenvalue weighted by Gasteiger charge is -2.38. The number of nitrogens with one attached hydrogen (secondary N) is 1. The van der Waals surface area contributed by atoms with Crippen molar-refractivity contribution >= 4 is 11.6 Å². The van der Waals surface area contributed by atoms with E-state index >= 15 is 0 Å². The summed E-state index contributed by atoms with van der Waals surface area (Å²) in [5.74, 6) is 1.62. The highest BCUT2D eigenvalue weighted by atomic mass is 35.5. The summed E-state index contributed by atoms with van der Waals surface area (Å²) in [4.78, 5) is 0. The standard InChI is InChI=1S/C17H24ClN/c18-17-9-5-4-8-16(17)14-10-15(11-14)19-12-13-6-2-1-3-7-13/h4-5,8-9,13-15,19H,1-3,6-7,10-12H2. The zero-order valence-corrected chi connectivity index (χ0v) is 12.3. The summed E-state index contributed by atoms with van der Waals surface area (Å²) in [6.45, 7) is 1.24. The minimum absolute atomic E-state index is 0.678. The molecule has 2 aliphatic carbocycles. The van der Waals surface area contributed by atoms with Crippen molar-refractivity contribution in [1.29, 1.82) is 0 Å². The number of benzene rings is 1. The van der Waals surface area contributed by atoms with Gasteiger partial charge in [0.1, 0.15) is 0 Å². The molecule has 1 nitrogen and oxygen atoms in total. The van der Waals surface area contributed by atoms with Crippen LogP contribution in [-0.4, -0.2) is 12.6 Å². The summed E-state index contributed by atoms with van der Waals surface area (Å²) in [5, 5.41) is 4.71. The van der Waals surface area contributed by atoms with E-state index in [0.29, 0.717) is 5.92 Å². The molecular formula is C17H24ClN. The minimum Gasteiger partial charge on any atom is -0.314 e. The SMILES string of the molecule is Clc1ccccc1C1CC(NCC2CCCCC2)C1. The molecule has 19 heavy (non-hydrogen) atoms. The number of halogens is 1. The van der Waals surface area contributed by atoms with Gasteiger partial charge in [0, 0.05) is 11.1 Å². The Morgan fingerprint density at radius 3 is 2.53 bits per heavy atom. The van der Waals surface area contributed by atoms with E-state index in [1.54, 1.807) is 0 Å². The van der Waals surface area contributed by atoms with E-state index in [1.807, 2.05) is 12.1 Å². The molecule has 2 saturated carbocycles. The van der Waals surface area contributed by atoms with E-state index in [0.717, 1.165) is 17.0 Å². The molecule has 0 heterocycles. The van der Waals surface area contributed by atoms with Gasteiger partial charge in [-0.2, -0.15) is 0 Å². The molecule has 0 saturated heterocycles. The lowest BCUT2D eigenvalue weighted by Crippen LogP contribution is -2.42. The maximum atomic E-state index is 6.26. The molecule has 1 N–H and O–H groups in total. The molecule has 0 bridgehead atoms. The van der Waals surface area contributed by atoms with Gasteiger partial charge in [0.05, 0.1) is 0 Å². The summed E-state index contributed by atoms with van der Waals surface area (Å²) >= 11 is 6.26. The van der Waals surface area contributed by atoms with Crippen molar-refractivity contribution in [3.63, 3.8) is 0 Å². The predicted octanol–water partition coefficient (Wildman–Crippen LogP) is 4.76. The van der Waals surface area contributed by atoms with Gasteiger partial charge in [0.15, 0.2) is 0 Å². The first-order chi connectivity index (χ1) is 9.33. The predicted molar refractivity (Wildman–Crippen MR) is 81.8 cm³/mol.